The van der Waals surface area contributed by atoms with Gasteiger partial charge in [0.05, 0.1) is 5.56 Å². The molecule has 0 aliphatic carbocycles. The van der Waals surface area contributed by atoms with Gasteiger partial charge in [-0.05, 0) is 35.6 Å². The lowest BCUT2D eigenvalue weighted by Gasteiger charge is -2.04. The van der Waals surface area contributed by atoms with Crippen molar-refractivity contribution < 1.29 is 13.2 Å². The Morgan fingerprint density at radius 1 is 0.920 bits per heavy atom. The maximum atomic E-state index is 14.6. The zero-order chi connectivity index (χ0) is 18.0. The topological polar surface area (TPSA) is 23.8 Å². The molecule has 0 aliphatic rings. The number of hydrogen-bond acceptors (Lipinski definition) is 1. The summed E-state index contributed by atoms with van der Waals surface area (Å²) in [6, 6.07) is 12.1. The second-order valence-electron chi connectivity index (χ2n) is 5.51. The summed E-state index contributed by atoms with van der Waals surface area (Å²) in [7, 11) is 0. The van der Waals surface area contributed by atoms with E-state index in [1.54, 1.807) is 18.2 Å². The van der Waals surface area contributed by atoms with Gasteiger partial charge in [0.15, 0.2) is 0 Å². The van der Waals surface area contributed by atoms with Crippen LogP contribution in [-0.4, -0.2) is 0 Å². The Bertz CT molecular complexity index is 1060. The first-order valence-corrected chi connectivity index (χ1v) is 7.65. The maximum absolute atomic E-state index is 14.6. The van der Waals surface area contributed by atoms with Gasteiger partial charge in [0, 0.05) is 10.9 Å². The predicted molar refractivity (Wildman–Crippen MR) is 90.3 cm³/mol. The number of aryl methyl sites for hydroxylation is 1. The van der Waals surface area contributed by atoms with Gasteiger partial charge in [-0.2, -0.15) is 5.26 Å². The van der Waals surface area contributed by atoms with Crippen molar-refractivity contribution in [3.05, 3.63) is 82.2 Å². The van der Waals surface area contributed by atoms with E-state index >= 15 is 0 Å². The fraction of sp³-hybridized carbons (Fsp3) is 0.0952. The van der Waals surface area contributed by atoms with E-state index in [0.717, 1.165) is 29.5 Å². The molecule has 1 nitrogen and oxygen atoms in total. The van der Waals surface area contributed by atoms with Crippen LogP contribution in [0.2, 0.25) is 0 Å². The van der Waals surface area contributed by atoms with Crippen LogP contribution in [0.25, 0.3) is 10.8 Å². The van der Waals surface area contributed by atoms with Gasteiger partial charge in [0.25, 0.3) is 0 Å². The van der Waals surface area contributed by atoms with Gasteiger partial charge in [0.1, 0.15) is 29.1 Å². The molecule has 0 saturated heterocycles. The third kappa shape index (κ3) is 3.20. The highest BCUT2D eigenvalue weighted by Crippen LogP contribution is 2.22. The summed E-state index contributed by atoms with van der Waals surface area (Å²) in [5.74, 6) is 2.70. The molecule has 0 atom stereocenters. The van der Waals surface area contributed by atoms with Crippen molar-refractivity contribution in [2.45, 2.75) is 13.3 Å². The molecule has 3 rings (SSSR count). The van der Waals surface area contributed by atoms with E-state index in [1.165, 1.54) is 6.07 Å². The molecule has 25 heavy (non-hydrogen) atoms. The van der Waals surface area contributed by atoms with Gasteiger partial charge in [0.2, 0.25) is 0 Å². The predicted octanol–water partition coefficient (Wildman–Crippen LogP) is 5.09. The number of benzene rings is 3. The van der Waals surface area contributed by atoms with Gasteiger partial charge >= 0.3 is 0 Å². The second kappa shape index (κ2) is 6.71. The fourth-order valence-corrected chi connectivity index (χ4v) is 2.55. The summed E-state index contributed by atoms with van der Waals surface area (Å²) >= 11 is 0. The Kier molecular flexibility index (Phi) is 4.46. The van der Waals surface area contributed by atoms with E-state index in [2.05, 4.69) is 11.8 Å². The Hall–Kier alpha value is -3.24. The SMILES string of the molecule is CCc1ccc2c(F)c(C#Cc3cc(F)c(C#N)c(F)c3)ccc2c1. The minimum atomic E-state index is -0.988. The summed E-state index contributed by atoms with van der Waals surface area (Å²) in [5.41, 5.74) is 0.625. The van der Waals surface area contributed by atoms with Crippen LogP contribution in [0.15, 0.2) is 42.5 Å². The fourth-order valence-electron chi connectivity index (χ4n) is 2.55. The summed E-state index contributed by atoms with van der Waals surface area (Å²) in [4.78, 5) is 0. The molecule has 0 bridgehead atoms. The molecule has 0 heterocycles. The van der Waals surface area contributed by atoms with Crippen LogP contribution in [0.4, 0.5) is 13.2 Å². The molecule has 0 aromatic heterocycles. The number of nitriles is 1. The average molecular weight is 335 g/mol. The standard InChI is InChI=1S/C21H12F3N/c1-2-13-4-8-17-16(9-13)7-6-15(21(17)24)5-3-14-10-19(22)18(12-25)20(23)11-14/h4,6-11H,2H2,1H3. The molecule has 122 valence electrons. The molecular weight excluding hydrogens is 323 g/mol. The maximum Gasteiger partial charge on any atom is 0.146 e. The monoisotopic (exact) mass is 335 g/mol. The first kappa shape index (κ1) is 16.6. The Morgan fingerprint density at radius 2 is 1.64 bits per heavy atom. The lowest BCUT2D eigenvalue weighted by atomic mass is 10.0. The Morgan fingerprint density at radius 3 is 2.28 bits per heavy atom. The summed E-state index contributed by atoms with van der Waals surface area (Å²) in [5, 5.41) is 9.88. The molecule has 3 aromatic carbocycles. The van der Waals surface area contributed by atoms with Crippen LogP contribution >= 0.6 is 0 Å². The molecule has 0 saturated carbocycles. The molecule has 0 aliphatic heterocycles. The third-order valence-corrected chi connectivity index (χ3v) is 3.92. The molecule has 3 aromatic rings. The summed E-state index contributed by atoms with van der Waals surface area (Å²) in [6.07, 6.45) is 0.856. The molecule has 4 heteroatoms. The van der Waals surface area contributed by atoms with Gasteiger partial charge < -0.3 is 0 Å². The largest absolute Gasteiger partial charge is 0.205 e. The smallest absolute Gasteiger partial charge is 0.146 e. The molecule has 0 radical (unpaired) electrons. The van der Waals surface area contributed by atoms with Gasteiger partial charge in [-0.25, -0.2) is 13.2 Å². The zero-order valence-electron chi connectivity index (χ0n) is 13.3. The average Bonchev–Trinajstić information content (AvgIpc) is 2.60. The van der Waals surface area contributed by atoms with E-state index in [0.29, 0.717) is 5.39 Å². The van der Waals surface area contributed by atoms with Crippen LogP contribution in [0.3, 0.4) is 0 Å². The van der Waals surface area contributed by atoms with E-state index in [4.69, 9.17) is 5.26 Å². The molecule has 0 unspecified atom stereocenters. The minimum Gasteiger partial charge on any atom is -0.205 e. The lowest BCUT2D eigenvalue weighted by Crippen LogP contribution is -1.92. The van der Waals surface area contributed by atoms with Gasteiger partial charge in [-0.3, -0.25) is 0 Å². The van der Waals surface area contributed by atoms with Crippen molar-refractivity contribution in [2.24, 2.45) is 0 Å². The van der Waals surface area contributed by atoms with Crippen molar-refractivity contribution >= 4 is 10.8 Å². The van der Waals surface area contributed by atoms with Crippen LogP contribution < -0.4 is 0 Å². The number of rotatable bonds is 1. The number of nitrogens with zero attached hydrogens (tertiary/aromatic N) is 1. The van der Waals surface area contributed by atoms with Crippen LogP contribution in [0, 0.1) is 40.6 Å². The Labute approximate surface area is 143 Å². The zero-order valence-corrected chi connectivity index (χ0v) is 13.3. The third-order valence-electron chi connectivity index (χ3n) is 3.92. The van der Waals surface area contributed by atoms with Gasteiger partial charge in [-0.1, -0.05) is 43.0 Å². The summed E-state index contributed by atoms with van der Waals surface area (Å²) < 4.78 is 41.8. The van der Waals surface area contributed by atoms with Crippen molar-refractivity contribution in [3.8, 4) is 17.9 Å². The number of fused-ring (bicyclic) bond motifs is 1. The molecule has 0 fully saturated rings. The highest BCUT2D eigenvalue weighted by Gasteiger charge is 2.10. The molecule has 0 amide bonds. The van der Waals surface area contributed by atoms with Crippen LogP contribution in [-0.2, 0) is 6.42 Å². The Balaban J connectivity index is 2.04. The van der Waals surface area contributed by atoms with E-state index < -0.39 is 23.0 Å². The highest BCUT2D eigenvalue weighted by atomic mass is 19.1. The highest BCUT2D eigenvalue weighted by molar-refractivity contribution is 5.85. The summed E-state index contributed by atoms with van der Waals surface area (Å²) in [6.45, 7) is 2.02. The van der Waals surface area contributed by atoms with Crippen molar-refractivity contribution in [3.63, 3.8) is 0 Å². The first-order valence-electron chi connectivity index (χ1n) is 7.65. The molecule has 0 N–H and O–H groups in total. The number of hydrogen-bond donors (Lipinski definition) is 0. The molecular formula is C21H12F3N. The number of halogens is 3. The van der Waals surface area contributed by atoms with Crippen molar-refractivity contribution in [1.82, 2.24) is 0 Å². The normalized spacial score (nSPS) is 10.2. The minimum absolute atomic E-state index is 0.0369. The van der Waals surface area contributed by atoms with Crippen molar-refractivity contribution in [1.29, 1.82) is 5.26 Å². The second-order valence-corrected chi connectivity index (χ2v) is 5.51. The quantitative estimate of drug-likeness (QED) is 0.568. The van der Waals surface area contributed by atoms with Crippen LogP contribution in [0.5, 0.6) is 0 Å². The van der Waals surface area contributed by atoms with E-state index in [1.807, 2.05) is 19.1 Å². The van der Waals surface area contributed by atoms with Crippen molar-refractivity contribution in [2.75, 3.05) is 0 Å². The first-order chi connectivity index (χ1) is 12.0. The lowest BCUT2D eigenvalue weighted by molar-refractivity contribution is 0.576. The van der Waals surface area contributed by atoms with E-state index in [-0.39, 0.29) is 11.1 Å². The van der Waals surface area contributed by atoms with Gasteiger partial charge in [-0.15, -0.1) is 0 Å². The van der Waals surface area contributed by atoms with E-state index in [9.17, 15) is 13.2 Å². The molecule has 0 spiro atoms. The van der Waals surface area contributed by atoms with Crippen LogP contribution in [0.1, 0.15) is 29.2 Å².